The van der Waals surface area contributed by atoms with Crippen molar-refractivity contribution in [2.24, 2.45) is 28.9 Å². The molecule has 0 saturated heterocycles. The van der Waals surface area contributed by atoms with Gasteiger partial charge in [-0.3, -0.25) is 19.2 Å². The van der Waals surface area contributed by atoms with Gasteiger partial charge in [0.15, 0.2) is 0 Å². The van der Waals surface area contributed by atoms with Crippen LogP contribution in [-0.4, -0.2) is 72.0 Å². The zero-order chi connectivity index (χ0) is 27.0. The molecule has 0 aliphatic rings. The summed E-state index contributed by atoms with van der Waals surface area (Å²) in [6, 6.07) is -4.25. The third-order valence-corrected chi connectivity index (χ3v) is 5.43. The highest BCUT2D eigenvalue weighted by molar-refractivity contribution is 5.94. The van der Waals surface area contributed by atoms with Gasteiger partial charge in [0.05, 0.1) is 6.04 Å². The Bertz CT molecular complexity index is 704. The summed E-state index contributed by atoms with van der Waals surface area (Å²) in [4.78, 5) is 61.1. The van der Waals surface area contributed by atoms with E-state index in [1.54, 1.807) is 13.8 Å². The number of nitrogens with one attached hydrogen (secondary N) is 3. The summed E-state index contributed by atoms with van der Waals surface area (Å²) in [5.41, 5.74) is 22.0. The number of unbranched alkanes of at least 4 members (excludes halogenated alkanes) is 2. The van der Waals surface area contributed by atoms with E-state index >= 15 is 0 Å². The van der Waals surface area contributed by atoms with Gasteiger partial charge in [0.2, 0.25) is 23.6 Å². The number of rotatable bonds is 19. The second-order valence-electron chi connectivity index (χ2n) is 8.87. The maximum absolute atomic E-state index is 13.0. The highest BCUT2D eigenvalue weighted by atomic mass is 16.4. The lowest BCUT2D eigenvalue weighted by Gasteiger charge is -2.27. The molecule has 0 heterocycles. The predicted molar refractivity (Wildman–Crippen MR) is 130 cm³/mol. The van der Waals surface area contributed by atoms with Gasteiger partial charge >= 0.3 is 5.97 Å². The second-order valence-corrected chi connectivity index (χ2v) is 8.87. The van der Waals surface area contributed by atoms with Gasteiger partial charge in [0.1, 0.15) is 18.1 Å². The number of hydrogen-bond donors (Lipinski definition) is 8. The third kappa shape index (κ3) is 13.6. The van der Waals surface area contributed by atoms with Gasteiger partial charge < -0.3 is 44.0 Å². The molecule has 4 unspecified atom stereocenters. The van der Waals surface area contributed by atoms with Crippen LogP contribution in [0.5, 0.6) is 0 Å². The highest BCUT2D eigenvalue weighted by Crippen LogP contribution is 2.08. The van der Waals surface area contributed by atoms with Gasteiger partial charge in [-0.1, -0.05) is 20.3 Å². The lowest BCUT2D eigenvalue weighted by atomic mass is 10.0. The van der Waals surface area contributed by atoms with Crippen LogP contribution in [0.2, 0.25) is 0 Å². The largest absolute Gasteiger partial charge is 0.480 e. The predicted octanol–water partition coefficient (Wildman–Crippen LogP) is -1.97. The molecule has 0 aromatic heterocycles. The van der Waals surface area contributed by atoms with Gasteiger partial charge in [0.25, 0.3) is 0 Å². The number of carboxylic acids is 1. The number of carbonyl (C=O) groups excluding carboxylic acids is 4. The minimum absolute atomic E-state index is 0.0916. The average Bonchev–Trinajstić information content (AvgIpc) is 2.78. The Kier molecular flexibility index (Phi) is 16.2. The first kappa shape index (κ1) is 32.2. The topological polar surface area (TPSA) is 246 Å². The molecular formula is C22H43N7O6. The molecule has 13 heteroatoms. The van der Waals surface area contributed by atoms with Crippen molar-refractivity contribution in [3.63, 3.8) is 0 Å². The summed E-state index contributed by atoms with van der Waals surface area (Å²) in [6.07, 6.45) is 2.74. The standard InChI is InChI=1S/C22H43N7O6/c1-13(2)18(21(33)28-16(22(34)35)8-4-6-12-24)29-20(32)15(9-10-17(26)30)27-19(31)14(25)7-3-5-11-23/h13-16,18H,3-12,23-25H2,1-2H3,(H2,26,30)(H,27,31)(H,28,33)(H,29,32)(H,34,35). The van der Waals surface area contributed by atoms with E-state index in [0.29, 0.717) is 45.2 Å². The van der Waals surface area contributed by atoms with Crippen molar-refractivity contribution in [2.75, 3.05) is 13.1 Å². The maximum Gasteiger partial charge on any atom is 0.326 e. The third-order valence-electron chi connectivity index (χ3n) is 5.43. The van der Waals surface area contributed by atoms with Crippen molar-refractivity contribution in [1.82, 2.24) is 16.0 Å². The molecule has 0 rings (SSSR count). The van der Waals surface area contributed by atoms with Crippen LogP contribution in [0, 0.1) is 5.92 Å². The quantitative estimate of drug-likeness (QED) is 0.0913. The van der Waals surface area contributed by atoms with Crippen LogP contribution in [0.25, 0.3) is 0 Å². The van der Waals surface area contributed by atoms with Crippen LogP contribution in [-0.2, 0) is 24.0 Å². The van der Waals surface area contributed by atoms with E-state index in [4.69, 9.17) is 22.9 Å². The highest BCUT2D eigenvalue weighted by Gasteiger charge is 2.31. The molecular weight excluding hydrogens is 458 g/mol. The number of aliphatic carboxylic acids is 1. The lowest BCUT2D eigenvalue weighted by Crippen LogP contribution is -2.58. The van der Waals surface area contributed by atoms with Crippen LogP contribution in [0.1, 0.15) is 65.2 Å². The normalized spacial score (nSPS) is 14.5. The van der Waals surface area contributed by atoms with Crippen LogP contribution in [0.3, 0.4) is 0 Å². The van der Waals surface area contributed by atoms with E-state index in [1.165, 1.54) is 0 Å². The summed E-state index contributed by atoms with van der Waals surface area (Å²) in [5.74, 6) is -4.22. The molecule has 12 N–H and O–H groups in total. The molecule has 0 aromatic carbocycles. The Morgan fingerprint density at radius 2 is 1.29 bits per heavy atom. The summed E-state index contributed by atoms with van der Waals surface area (Å²) in [7, 11) is 0. The Morgan fingerprint density at radius 1 is 0.743 bits per heavy atom. The van der Waals surface area contributed by atoms with Crippen LogP contribution >= 0.6 is 0 Å². The van der Waals surface area contributed by atoms with Crippen molar-refractivity contribution in [3.8, 4) is 0 Å². The average molecular weight is 502 g/mol. The van der Waals surface area contributed by atoms with Gasteiger partial charge in [-0.15, -0.1) is 0 Å². The zero-order valence-corrected chi connectivity index (χ0v) is 20.8. The van der Waals surface area contributed by atoms with Crippen LogP contribution < -0.4 is 38.9 Å². The molecule has 0 aliphatic carbocycles. The monoisotopic (exact) mass is 501 g/mol. The van der Waals surface area contributed by atoms with Crippen molar-refractivity contribution in [2.45, 2.75) is 89.4 Å². The van der Waals surface area contributed by atoms with Gasteiger partial charge in [-0.05, 0) is 57.5 Å². The number of carboxylic acid groups (broad SMARTS) is 1. The summed E-state index contributed by atoms with van der Waals surface area (Å²) in [6.45, 7) is 4.23. The summed E-state index contributed by atoms with van der Waals surface area (Å²) in [5, 5.41) is 17.0. The molecule has 0 fully saturated rings. The first-order valence-corrected chi connectivity index (χ1v) is 12.0. The lowest BCUT2D eigenvalue weighted by molar-refractivity contribution is -0.142. The Labute approximate surface area is 206 Å². The second kappa shape index (κ2) is 17.6. The SMILES string of the molecule is CC(C)C(NC(=O)C(CCC(N)=O)NC(=O)C(N)CCCCN)C(=O)NC(CCCCN)C(=O)O. The molecule has 0 saturated carbocycles. The summed E-state index contributed by atoms with van der Waals surface area (Å²) >= 11 is 0. The number of carbonyl (C=O) groups is 5. The van der Waals surface area contributed by atoms with E-state index in [0.717, 1.165) is 0 Å². The molecule has 4 atom stereocenters. The molecule has 0 aliphatic heterocycles. The molecule has 13 nitrogen and oxygen atoms in total. The van der Waals surface area contributed by atoms with E-state index in [9.17, 15) is 29.1 Å². The van der Waals surface area contributed by atoms with Crippen molar-refractivity contribution < 1.29 is 29.1 Å². The fraction of sp³-hybridized carbons (Fsp3) is 0.773. The molecule has 0 aromatic rings. The molecule has 4 amide bonds. The number of nitrogens with two attached hydrogens (primary N) is 4. The zero-order valence-electron chi connectivity index (χ0n) is 20.8. The van der Waals surface area contributed by atoms with Gasteiger partial charge in [0, 0.05) is 6.42 Å². The Hall–Kier alpha value is -2.77. The molecule has 0 radical (unpaired) electrons. The smallest absolute Gasteiger partial charge is 0.326 e. The minimum atomic E-state index is -1.19. The van der Waals surface area contributed by atoms with Crippen molar-refractivity contribution in [1.29, 1.82) is 0 Å². The first-order chi connectivity index (χ1) is 16.4. The number of amides is 4. The van der Waals surface area contributed by atoms with E-state index in [1.807, 2.05) is 0 Å². The van der Waals surface area contributed by atoms with Crippen LogP contribution in [0.4, 0.5) is 0 Å². The van der Waals surface area contributed by atoms with E-state index in [2.05, 4.69) is 16.0 Å². The Balaban J connectivity index is 5.37. The molecule has 0 bridgehead atoms. The van der Waals surface area contributed by atoms with E-state index in [-0.39, 0.29) is 19.3 Å². The fourth-order valence-electron chi connectivity index (χ4n) is 3.27. The molecule has 35 heavy (non-hydrogen) atoms. The maximum atomic E-state index is 13.0. The number of hydrogen-bond acceptors (Lipinski definition) is 8. The van der Waals surface area contributed by atoms with Gasteiger partial charge in [-0.25, -0.2) is 4.79 Å². The summed E-state index contributed by atoms with van der Waals surface area (Å²) < 4.78 is 0. The van der Waals surface area contributed by atoms with Crippen LogP contribution in [0.15, 0.2) is 0 Å². The molecule has 202 valence electrons. The Morgan fingerprint density at radius 3 is 1.77 bits per heavy atom. The van der Waals surface area contributed by atoms with E-state index < -0.39 is 59.7 Å². The van der Waals surface area contributed by atoms with Gasteiger partial charge in [-0.2, -0.15) is 0 Å². The minimum Gasteiger partial charge on any atom is -0.480 e. The van der Waals surface area contributed by atoms with Crippen molar-refractivity contribution >= 4 is 29.6 Å². The number of primary amides is 1. The molecule has 0 spiro atoms. The first-order valence-electron chi connectivity index (χ1n) is 12.0. The van der Waals surface area contributed by atoms with Crippen molar-refractivity contribution in [3.05, 3.63) is 0 Å². The fourth-order valence-corrected chi connectivity index (χ4v) is 3.27.